The quantitative estimate of drug-likeness (QED) is 0.549. The molecular formula is C14H28. The maximum Gasteiger partial charge on any atom is -0.0412 e. The average Bonchev–Trinajstić information content (AvgIpc) is 2.20. The number of hydrogen-bond acceptors (Lipinski definition) is 0. The van der Waals surface area contributed by atoms with Crippen molar-refractivity contribution in [3.05, 3.63) is 0 Å². The van der Waals surface area contributed by atoms with Gasteiger partial charge in [0.05, 0.1) is 0 Å². The fourth-order valence-corrected chi connectivity index (χ4v) is 3.09. The lowest BCUT2D eigenvalue weighted by atomic mass is 9.80. The first-order valence-electron chi connectivity index (χ1n) is 6.86. The molecule has 1 saturated carbocycles. The third-order valence-corrected chi connectivity index (χ3v) is 3.79. The Bertz CT molecular complexity index is 116. The molecule has 0 aromatic rings. The van der Waals surface area contributed by atoms with Gasteiger partial charge in [-0.05, 0) is 18.3 Å². The predicted octanol–water partition coefficient (Wildman–Crippen LogP) is 5.17. The summed E-state index contributed by atoms with van der Waals surface area (Å²) in [5, 5.41) is 0. The fraction of sp³-hybridized carbons (Fsp3) is 1.00. The Labute approximate surface area is 90.5 Å². The van der Waals surface area contributed by atoms with Crippen LogP contribution in [-0.4, -0.2) is 0 Å². The van der Waals surface area contributed by atoms with Crippen molar-refractivity contribution in [2.24, 2.45) is 11.8 Å². The molecule has 0 heteroatoms. The van der Waals surface area contributed by atoms with Crippen LogP contribution in [0.3, 0.4) is 0 Å². The molecule has 0 unspecified atom stereocenters. The first-order valence-corrected chi connectivity index (χ1v) is 6.86. The summed E-state index contributed by atoms with van der Waals surface area (Å²) >= 11 is 0. The largest absolute Gasteiger partial charge is 0.0654 e. The molecule has 0 radical (unpaired) electrons. The predicted molar refractivity (Wildman–Crippen MR) is 64.5 cm³/mol. The fourth-order valence-electron chi connectivity index (χ4n) is 3.09. The highest BCUT2D eigenvalue weighted by Crippen LogP contribution is 2.32. The highest BCUT2D eigenvalue weighted by Gasteiger charge is 2.17. The lowest BCUT2D eigenvalue weighted by Gasteiger charge is -2.26. The molecule has 1 rings (SSSR count). The van der Waals surface area contributed by atoms with E-state index in [0.717, 1.165) is 11.8 Å². The minimum Gasteiger partial charge on any atom is -0.0654 e. The molecule has 0 aliphatic heterocycles. The maximum absolute atomic E-state index is 2.34. The van der Waals surface area contributed by atoms with Crippen molar-refractivity contribution < 1.29 is 0 Å². The molecule has 14 heavy (non-hydrogen) atoms. The zero-order valence-electron chi connectivity index (χ0n) is 10.2. The maximum atomic E-state index is 2.34. The summed E-state index contributed by atoms with van der Waals surface area (Å²) in [5.41, 5.74) is 0. The van der Waals surface area contributed by atoms with Crippen LogP contribution in [-0.2, 0) is 0 Å². The van der Waals surface area contributed by atoms with Crippen molar-refractivity contribution in [2.45, 2.75) is 78.1 Å². The summed E-state index contributed by atoms with van der Waals surface area (Å²) in [4.78, 5) is 0. The molecule has 0 heterocycles. The van der Waals surface area contributed by atoms with E-state index >= 15 is 0 Å². The van der Waals surface area contributed by atoms with Crippen LogP contribution >= 0.6 is 0 Å². The van der Waals surface area contributed by atoms with Crippen LogP contribution in [0.25, 0.3) is 0 Å². The van der Waals surface area contributed by atoms with Gasteiger partial charge < -0.3 is 0 Å². The Morgan fingerprint density at radius 1 is 0.929 bits per heavy atom. The zero-order valence-corrected chi connectivity index (χ0v) is 10.2. The van der Waals surface area contributed by atoms with Crippen molar-refractivity contribution in [2.75, 3.05) is 0 Å². The van der Waals surface area contributed by atoms with E-state index in [-0.39, 0.29) is 0 Å². The molecule has 84 valence electrons. The lowest BCUT2D eigenvalue weighted by molar-refractivity contribution is 0.268. The van der Waals surface area contributed by atoms with Gasteiger partial charge in [-0.25, -0.2) is 0 Å². The van der Waals surface area contributed by atoms with E-state index in [0.29, 0.717) is 0 Å². The van der Waals surface area contributed by atoms with Gasteiger partial charge in [-0.2, -0.15) is 0 Å². The van der Waals surface area contributed by atoms with E-state index in [9.17, 15) is 0 Å². The van der Waals surface area contributed by atoms with Gasteiger partial charge in [-0.15, -0.1) is 0 Å². The Morgan fingerprint density at radius 3 is 2.00 bits per heavy atom. The highest BCUT2D eigenvalue weighted by atomic mass is 14.2. The Hall–Kier alpha value is 0. The van der Waals surface area contributed by atoms with Gasteiger partial charge in [-0.1, -0.05) is 71.6 Å². The number of hydrogen-bond donors (Lipinski definition) is 0. The van der Waals surface area contributed by atoms with E-state index in [4.69, 9.17) is 0 Å². The third kappa shape index (κ3) is 4.48. The van der Waals surface area contributed by atoms with Gasteiger partial charge in [0.25, 0.3) is 0 Å². The zero-order chi connectivity index (χ0) is 10.2. The molecule has 0 aromatic heterocycles. The standard InChI is InChI=1S/C14H28/c1-3-8-13(9-4-2)12-14-10-6-5-7-11-14/h13-14H,3-12H2,1-2H3. The molecule has 0 amide bonds. The lowest BCUT2D eigenvalue weighted by Crippen LogP contribution is -2.12. The van der Waals surface area contributed by atoms with Gasteiger partial charge in [0.1, 0.15) is 0 Å². The van der Waals surface area contributed by atoms with E-state index in [2.05, 4.69) is 13.8 Å². The topological polar surface area (TPSA) is 0 Å². The molecule has 1 aliphatic carbocycles. The second kappa shape index (κ2) is 7.31. The summed E-state index contributed by atoms with van der Waals surface area (Å²) in [6.45, 7) is 4.67. The van der Waals surface area contributed by atoms with Crippen molar-refractivity contribution in [1.82, 2.24) is 0 Å². The summed E-state index contributed by atoms with van der Waals surface area (Å²) < 4.78 is 0. The van der Waals surface area contributed by atoms with Crippen molar-refractivity contribution in [3.63, 3.8) is 0 Å². The van der Waals surface area contributed by atoms with Crippen molar-refractivity contribution in [3.8, 4) is 0 Å². The normalized spacial score (nSPS) is 19.1. The van der Waals surface area contributed by atoms with Crippen LogP contribution in [0.2, 0.25) is 0 Å². The Balaban J connectivity index is 2.21. The van der Waals surface area contributed by atoms with Gasteiger partial charge in [-0.3, -0.25) is 0 Å². The molecule has 0 N–H and O–H groups in total. The first-order chi connectivity index (χ1) is 6.86. The molecule has 0 saturated heterocycles. The summed E-state index contributed by atoms with van der Waals surface area (Å²) in [6.07, 6.45) is 14.9. The van der Waals surface area contributed by atoms with Gasteiger partial charge in [0, 0.05) is 0 Å². The summed E-state index contributed by atoms with van der Waals surface area (Å²) in [5.74, 6) is 2.14. The summed E-state index contributed by atoms with van der Waals surface area (Å²) in [6, 6.07) is 0. The second-order valence-electron chi connectivity index (χ2n) is 5.18. The Morgan fingerprint density at radius 2 is 1.50 bits per heavy atom. The molecule has 0 aromatic carbocycles. The molecule has 0 spiro atoms. The Kier molecular flexibility index (Phi) is 6.31. The number of rotatable bonds is 6. The molecule has 1 fully saturated rings. The van der Waals surface area contributed by atoms with E-state index < -0.39 is 0 Å². The molecule has 0 atom stereocenters. The van der Waals surface area contributed by atoms with Crippen LogP contribution in [0, 0.1) is 11.8 Å². The van der Waals surface area contributed by atoms with Gasteiger partial charge in [0.15, 0.2) is 0 Å². The van der Waals surface area contributed by atoms with Crippen LogP contribution in [0.4, 0.5) is 0 Å². The van der Waals surface area contributed by atoms with Crippen LogP contribution in [0.1, 0.15) is 78.1 Å². The molecule has 1 aliphatic rings. The van der Waals surface area contributed by atoms with E-state index in [1.54, 1.807) is 6.42 Å². The van der Waals surface area contributed by atoms with Crippen LogP contribution < -0.4 is 0 Å². The third-order valence-electron chi connectivity index (χ3n) is 3.79. The molecule has 0 nitrogen and oxygen atoms in total. The average molecular weight is 196 g/mol. The van der Waals surface area contributed by atoms with Crippen molar-refractivity contribution >= 4 is 0 Å². The molecular weight excluding hydrogens is 168 g/mol. The van der Waals surface area contributed by atoms with Gasteiger partial charge >= 0.3 is 0 Å². The van der Waals surface area contributed by atoms with Crippen molar-refractivity contribution in [1.29, 1.82) is 0 Å². The summed E-state index contributed by atoms with van der Waals surface area (Å²) in [7, 11) is 0. The van der Waals surface area contributed by atoms with Crippen LogP contribution in [0.5, 0.6) is 0 Å². The van der Waals surface area contributed by atoms with E-state index in [1.807, 2.05) is 0 Å². The smallest absolute Gasteiger partial charge is 0.0412 e. The second-order valence-corrected chi connectivity index (χ2v) is 5.18. The SMILES string of the molecule is CCCC(CCC)CC1CCCCC1. The van der Waals surface area contributed by atoms with E-state index in [1.165, 1.54) is 57.8 Å². The minimum absolute atomic E-state index is 1.05. The first kappa shape index (κ1) is 12.1. The van der Waals surface area contributed by atoms with Crippen LogP contribution in [0.15, 0.2) is 0 Å². The highest BCUT2D eigenvalue weighted by molar-refractivity contribution is 4.70. The van der Waals surface area contributed by atoms with Gasteiger partial charge in [0.2, 0.25) is 0 Å². The molecule has 0 bridgehead atoms. The minimum atomic E-state index is 1.05. The monoisotopic (exact) mass is 196 g/mol.